The number of imide groups is 1. The minimum absolute atomic E-state index is 0.0403. The summed E-state index contributed by atoms with van der Waals surface area (Å²) >= 11 is 5.77. The minimum Gasteiger partial charge on any atom is -0.492 e. The monoisotopic (exact) mass is 842 g/mol. The second-order valence-corrected chi connectivity index (χ2v) is 17.4. The van der Waals surface area contributed by atoms with Gasteiger partial charge in [0.1, 0.15) is 17.9 Å². The lowest BCUT2D eigenvalue weighted by atomic mass is 9.90. The standard InChI is InChI=1S/C45H49F3N6O5S/c1-27-24-51(25-28(2)52(27)26-36(55)20-30-7-5-6-29(18-30)19-32-11-15-40(56)50-41(32)57)16-17-59-39-14-13-35(21-37(39)31-8-9-31)54-43(60)53(42(58)44(54,3)4)34-12-10-33(23-49)38(22-34)45(46,47)48/h5-7,10,12-14,18,21-22,27-28,31-32H,8-9,11,15-17,19-20,24-26H2,1-4H3,(H,50,56,57)/t27-,28+,32-/m0/s1. The number of nitrogens with one attached hydrogen (secondary N) is 1. The molecule has 3 amide bonds. The number of rotatable bonds is 13. The molecular weight excluding hydrogens is 794 g/mol. The highest BCUT2D eigenvalue weighted by atomic mass is 32.1. The summed E-state index contributed by atoms with van der Waals surface area (Å²) < 4.78 is 47.9. The number of piperazine rings is 1. The topological polar surface area (TPSA) is 126 Å². The first-order valence-electron chi connectivity index (χ1n) is 20.4. The predicted molar refractivity (Wildman–Crippen MR) is 224 cm³/mol. The van der Waals surface area contributed by atoms with Gasteiger partial charge in [-0.3, -0.25) is 39.2 Å². The number of anilines is 2. The van der Waals surface area contributed by atoms with Crippen molar-refractivity contribution in [3.8, 4) is 11.8 Å². The van der Waals surface area contributed by atoms with Gasteiger partial charge in [-0.15, -0.1) is 0 Å². The molecule has 0 spiro atoms. The van der Waals surface area contributed by atoms with Gasteiger partial charge in [0, 0.05) is 56.2 Å². The second-order valence-electron chi connectivity index (χ2n) is 17.0. The van der Waals surface area contributed by atoms with Gasteiger partial charge < -0.3 is 9.64 Å². The maximum absolute atomic E-state index is 13.8. The van der Waals surface area contributed by atoms with E-state index in [1.165, 1.54) is 6.07 Å². The molecule has 1 aliphatic carbocycles. The Bertz CT molecular complexity index is 2240. The third-order valence-electron chi connectivity index (χ3n) is 12.1. The van der Waals surface area contributed by atoms with Crippen molar-refractivity contribution in [1.29, 1.82) is 5.26 Å². The first-order valence-corrected chi connectivity index (χ1v) is 20.8. The molecule has 3 aliphatic heterocycles. The first-order chi connectivity index (χ1) is 28.4. The number of piperidine rings is 1. The highest BCUT2D eigenvalue weighted by molar-refractivity contribution is 7.81. The molecule has 0 unspecified atom stereocenters. The fraction of sp³-hybridized carbons (Fsp3) is 0.467. The molecule has 4 fully saturated rings. The van der Waals surface area contributed by atoms with Gasteiger partial charge >= 0.3 is 6.18 Å². The van der Waals surface area contributed by atoms with E-state index in [9.17, 15) is 37.6 Å². The lowest BCUT2D eigenvalue weighted by Crippen LogP contribution is -2.58. The Morgan fingerprint density at radius 3 is 2.33 bits per heavy atom. The van der Waals surface area contributed by atoms with Crippen LogP contribution in [-0.4, -0.2) is 88.8 Å². The fourth-order valence-corrected chi connectivity index (χ4v) is 9.32. The van der Waals surface area contributed by atoms with Crippen molar-refractivity contribution in [2.24, 2.45) is 5.92 Å². The van der Waals surface area contributed by atoms with Crippen molar-refractivity contribution in [1.82, 2.24) is 15.1 Å². The summed E-state index contributed by atoms with van der Waals surface area (Å²) in [6, 6.07) is 18.5. The number of alkyl halides is 3. The van der Waals surface area contributed by atoms with Gasteiger partial charge in [0.2, 0.25) is 11.8 Å². The molecule has 3 aromatic rings. The summed E-state index contributed by atoms with van der Waals surface area (Å²) in [7, 11) is 0. The van der Waals surface area contributed by atoms with Gasteiger partial charge in [-0.05, 0) is 125 Å². The number of amides is 3. The van der Waals surface area contributed by atoms with Gasteiger partial charge in [-0.2, -0.15) is 18.4 Å². The molecule has 1 saturated carbocycles. The number of Topliss-reactive ketones (excluding diaryl/α,β-unsaturated/α-hetero) is 1. The highest BCUT2D eigenvalue weighted by Crippen LogP contribution is 2.47. The largest absolute Gasteiger partial charge is 0.492 e. The number of halogens is 3. The zero-order valence-electron chi connectivity index (χ0n) is 34.2. The summed E-state index contributed by atoms with van der Waals surface area (Å²) in [6.45, 7) is 10.6. The van der Waals surface area contributed by atoms with E-state index in [2.05, 4.69) is 29.0 Å². The van der Waals surface area contributed by atoms with Gasteiger partial charge in [0.05, 0.1) is 29.4 Å². The van der Waals surface area contributed by atoms with Crippen LogP contribution in [-0.2, 0) is 38.2 Å². The summed E-state index contributed by atoms with van der Waals surface area (Å²) in [6.07, 6.45) is -1.13. The number of thiocarbonyl (C=S) groups is 1. The smallest absolute Gasteiger partial charge is 0.417 e. The van der Waals surface area contributed by atoms with E-state index >= 15 is 0 Å². The van der Waals surface area contributed by atoms with Crippen molar-refractivity contribution < 1.29 is 37.1 Å². The van der Waals surface area contributed by atoms with Crippen molar-refractivity contribution in [3.63, 3.8) is 0 Å². The molecule has 15 heteroatoms. The van der Waals surface area contributed by atoms with E-state index in [0.29, 0.717) is 51.1 Å². The maximum atomic E-state index is 13.8. The van der Waals surface area contributed by atoms with E-state index < -0.39 is 28.7 Å². The molecule has 0 radical (unpaired) electrons. The number of carbonyl (C=O) groups is 4. The molecule has 3 atom stereocenters. The van der Waals surface area contributed by atoms with Gasteiger partial charge in [-0.1, -0.05) is 24.3 Å². The summed E-state index contributed by atoms with van der Waals surface area (Å²) in [4.78, 5) is 58.3. The van der Waals surface area contributed by atoms with E-state index in [1.807, 2.05) is 42.5 Å². The number of ketones is 1. The van der Waals surface area contributed by atoms with Crippen molar-refractivity contribution in [2.45, 2.75) is 95.9 Å². The predicted octanol–water partition coefficient (Wildman–Crippen LogP) is 6.55. The van der Waals surface area contributed by atoms with Crippen LogP contribution in [0.1, 0.15) is 87.1 Å². The molecule has 0 bridgehead atoms. The van der Waals surface area contributed by atoms with Crippen LogP contribution in [0.3, 0.4) is 0 Å². The minimum atomic E-state index is -4.79. The van der Waals surface area contributed by atoms with Crippen LogP contribution in [0.25, 0.3) is 0 Å². The molecule has 3 saturated heterocycles. The highest BCUT2D eigenvalue weighted by Gasteiger charge is 2.51. The Kier molecular flexibility index (Phi) is 12.2. The molecule has 316 valence electrons. The summed E-state index contributed by atoms with van der Waals surface area (Å²) in [5.74, 6) is -0.0713. The van der Waals surface area contributed by atoms with Crippen LogP contribution < -0.4 is 19.9 Å². The van der Waals surface area contributed by atoms with Crippen LogP contribution in [0.4, 0.5) is 24.5 Å². The Hall–Kier alpha value is -5.17. The summed E-state index contributed by atoms with van der Waals surface area (Å²) in [5.41, 5.74) is 0.567. The van der Waals surface area contributed by atoms with E-state index in [1.54, 1.807) is 24.8 Å². The lowest BCUT2D eigenvalue weighted by Gasteiger charge is -2.44. The van der Waals surface area contributed by atoms with Crippen molar-refractivity contribution in [2.75, 3.05) is 42.6 Å². The first kappa shape index (κ1) is 42.9. The Balaban J connectivity index is 0.946. The van der Waals surface area contributed by atoms with E-state index in [4.69, 9.17) is 17.0 Å². The van der Waals surface area contributed by atoms with Crippen LogP contribution in [0.2, 0.25) is 0 Å². The molecule has 7 rings (SSSR count). The van der Waals surface area contributed by atoms with Gasteiger partial charge in [0.25, 0.3) is 5.91 Å². The van der Waals surface area contributed by atoms with E-state index in [0.717, 1.165) is 65.4 Å². The molecule has 4 aliphatic rings. The lowest BCUT2D eigenvalue weighted by molar-refractivity contribution is -0.138. The van der Waals surface area contributed by atoms with Gasteiger partial charge in [0.15, 0.2) is 10.9 Å². The summed E-state index contributed by atoms with van der Waals surface area (Å²) in [5, 5.41) is 11.7. The Morgan fingerprint density at radius 1 is 0.967 bits per heavy atom. The normalized spacial score (nSPS) is 22.5. The van der Waals surface area contributed by atoms with Gasteiger partial charge in [-0.25, -0.2) is 0 Å². The van der Waals surface area contributed by atoms with Crippen LogP contribution in [0, 0.1) is 17.2 Å². The zero-order chi connectivity index (χ0) is 43.1. The zero-order valence-corrected chi connectivity index (χ0v) is 35.0. The SMILES string of the molecule is C[C@@H]1CN(CCOc2ccc(N3C(=S)N(c4ccc(C#N)c(C(F)(F)F)c4)C(=O)C3(C)C)cc2C2CC2)C[C@H](C)N1CC(=O)Cc1cccc(C[C@@H]2CCC(=O)NC2=O)c1. The molecular formula is C45H49F3N6O5S. The van der Waals surface area contributed by atoms with Crippen LogP contribution in [0.15, 0.2) is 60.7 Å². The second kappa shape index (κ2) is 17.1. The number of carbonyl (C=O) groups excluding carboxylic acids is 4. The molecule has 11 nitrogen and oxygen atoms in total. The van der Waals surface area contributed by atoms with Crippen molar-refractivity contribution in [3.05, 3.63) is 88.5 Å². The maximum Gasteiger partial charge on any atom is 0.417 e. The molecule has 1 N–H and O–H groups in total. The number of hydrogen-bond donors (Lipinski definition) is 1. The Labute approximate surface area is 353 Å². The number of benzene rings is 3. The average molecular weight is 843 g/mol. The fourth-order valence-electron chi connectivity index (χ4n) is 8.80. The Morgan fingerprint density at radius 2 is 1.67 bits per heavy atom. The third kappa shape index (κ3) is 9.11. The number of ether oxygens (including phenoxy) is 1. The molecule has 60 heavy (non-hydrogen) atoms. The molecule has 0 aromatic heterocycles. The quantitative estimate of drug-likeness (QED) is 0.150. The van der Waals surface area contributed by atoms with Crippen molar-refractivity contribution >= 4 is 52.2 Å². The van der Waals surface area contributed by atoms with E-state index in [-0.39, 0.29) is 52.3 Å². The number of nitrogens with zero attached hydrogens (tertiary/aromatic N) is 5. The average Bonchev–Trinajstić information content (AvgIpc) is 4.01. The van der Waals surface area contributed by atoms with Crippen LogP contribution in [0.5, 0.6) is 5.75 Å². The number of hydrogen-bond acceptors (Lipinski definition) is 9. The van der Waals surface area contributed by atoms with Crippen LogP contribution >= 0.6 is 12.2 Å². The molecule has 3 heterocycles. The number of nitriles is 1. The molecule has 3 aromatic carbocycles. The third-order valence-corrected chi connectivity index (χ3v) is 12.4.